The second-order valence-corrected chi connectivity index (χ2v) is 2.69. The third-order valence-electron chi connectivity index (χ3n) is 1.62. The van der Waals surface area contributed by atoms with Crippen LogP contribution in [0.2, 0.25) is 0 Å². The summed E-state index contributed by atoms with van der Waals surface area (Å²) in [4.78, 5) is 11.8. The number of nitrogens with zero attached hydrogens (tertiary/aromatic N) is 3. The Morgan fingerprint density at radius 1 is 1.29 bits per heavy atom. The number of aromatic nitrogens is 3. The van der Waals surface area contributed by atoms with Gasteiger partial charge in [-0.05, 0) is 12.1 Å². The molecule has 0 amide bonds. The van der Waals surface area contributed by atoms with Crippen LogP contribution >= 0.6 is 0 Å². The van der Waals surface area contributed by atoms with E-state index in [9.17, 15) is 0 Å². The number of nitrogens with one attached hydrogen (secondary N) is 1. The smallest absolute Gasteiger partial charge is 0.135 e. The number of anilines is 3. The van der Waals surface area contributed by atoms with Gasteiger partial charge in [0.25, 0.3) is 0 Å². The number of rotatable bonds is 2. The largest absolute Gasteiger partial charge is 0.384 e. The molecule has 0 aromatic carbocycles. The van der Waals surface area contributed by atoms with E-state index >= 15 is 0 Å². The number of hydrogen-bond donors (Lipinski definition) is 2. The highest BCUT2D eigenvalue weighted by Gasteiger charge is 1.95. The summed E-state index contributed by atoms with van der Waals surface area (Å²) in [6, 6.07) is 5.39. The van der Waals surface area contributed by atoms with Crippen LogP contribution in [-0.4, -0.2) is 15.0 Å². The summed E-state index contributed by atoms with van der Waals surface area (Å²) in [5, 5.41) is 3.05. The molecule has 0 radical (unpaired) electrons. The molecule has 14 heavy (non-hydrogen) atoms. The number of nitrogen functional groups attached to an aromatic ring is 1. The molecule has 0 aliphatic heterocycles. The maximum atomic E-state index is 5.51. The minimum atomic E-state index is 0.436. The Balaban J connectivity index is 2.19. The first-order valence-electron chi connectivity index (χ1n) is 4.09. The normalized spacial score (nSPS) is 9.71. The van der Waals surface area contributed by atoms with E-state index in [1.165, 1.54) is 6.33 Å². The van der Waals surface area contributed by atoms with Crippen LogP contribution in [0.1, 0.15) is 0 Å². The van der Waals surface area contributed by atoms with Crippen LogP contribution in [0.3, 0.4) is 0 Å². The van der Waals surface area contributed by atoms with Crippen molar-refractivity contribution in [3.63, 3.8) is 0 Å². The van der Waals surface area contributed by atoms with Crippen molar-refractivity contribution in [2.75, 3.05) is 11.1 Å². The molecule has 5 nitrogen and oxygen atoms in total. The Morgan fingerprint density at radius 2 is 2.21 bits per heavy atom. The summed E-state index contributed by atoms with van der Waals surface area (Å²) < 4.78 is 0. The van der Waals surface area contributed by atoms with E-state index < -0.39 is 0 Å². The SMILES string of the molecule is Nc1cc(Nc2cccnc2)ncn1. The van der Waals surface area contributed by atoms with Gasteiger partial charge in [0.15, 0.2) is 0 Å². The van der Waals surface area contributed by atoms with Crippen molar-refractivity contribution in [2.45, 2.75) is 0 Å². The van der Waals surface area contributed by atoms with Gasteiger partial charge in [0, 0.05) is 12.3 Å². The third-order valence-corrected chi connectivity index (χ3v) is 1.62. The van der Waals surface area contributed by atoms with Gasteiger partial charge in [-0.1, -0.05) is 0 Å². The van der Waals surface area contributed by atoms with Gasteiger partial charge in [0.05, 0.1) is 11.9 Å². The van der Waals surface area contributed by atoms with Crippen LogP contribution in [0.4, 0.5) is 17.3 Å². The van der Waals surface area contributed by atoms with Crippen LogP contribution in [0, 0.1) is 0 Å². The molecule has 0 aliphatic carbocycles. The molecule has 0 fully saturated rings. The van der Waals surface area contributed by atoms with E-state index in [0.29, 0.717) is 11.6 Å². The molecule has 0 saturated heterocycles. The molecule has 0 aliphatic rings. The van der Waals surface area contributed by atoms with Gasteiger partial charge in [-0.15, -0.1) is 0 Å². The van der Waals surface area contributed by atoms with Gasteiger partial charge in [0.2, 0.25) is 0 Å². The first-order valence-corrected chi connectivity index (χ1v) is 4.09. The quantitative estimate of drug-likeness (QED) is 0.738. The Labute approximate surface area is 81.0 Å². The van der Waals surface area contributed by atoms with Gasteiger partial charge in [-0.3, -0.25) is 4.98 Å². The molecule has 2 rings (SSSR count). The zero-order valence-electron chi connectivity index (χ0n) is 7.38. The molecule has 0 spiro atoms. The lowest BCUT2D eigenvalue weighted by Gasteiger charge is -2.03. The van der Waals surface area contributed by atoms with Crippen LogP contribution < -0.4 is 11.1 Å². The van der Waals surface area contributed by atoms with Crippen molar-refractivity contribution in [2.24, 2.45) is 0 Å². The van der Waals surface area contributed by atoms with Crippen LogP contribution in [0.25, 0.3) is 0 Å². The molecule has 2 aromatic heterocycles. The minimum Gasteiger partial charge on any atom is -0.384 e. The van der Waals surface area contributed by atoms with Gasteiger partial charge < -0.3 is 11.1 Å². The highest BCUT2D eigenvalue weighted by atomic mass is 15.0. The minimum absolute atomic E-state index is 0.436. The predicted octanol–water partition coefficient (Wildman–Crippen LogP) is 1.20. The van der Waals surface area contributed by atoms with Crippen LogP contribution in [-0.2, 0) is 0 Å². The monoisotopic (exact) mass is 187 g/mol. The van der Waals surface area contributed by atoms with E-state index in [1.807, 2.05) is 12.1 Å². The molecule has 0 saturated carbocycles. The van der Waals surface area contributed by atoms with Crippen molar-refractivity contribution in [3.05, 3.63) is 36.9 Å². The Morgan fingerprint density at radius 3 is 2.93 bits per heavy atom. The van der Waals surface area contributed by atoms with Crippen LogP contribution in [0.5, 0.6) is 0 Å². The molecule has 5 heteroatoms. The summed E-state index contributed by atoms with van der Waals surface area (Å²) in [7, 11) is 0. The second kappa shape index (κ2) is 3.69. The van der Waals surface area contributed by atoms with Crippen LogP contribution in [0.15, 0.2) is 36.9 Å². The molecule has 3 N–H and O–H groups in total. The molecule has 0 bridgehead atoms. The molecular formula is C9H9N5. The summed E-state index contributed by atoms with van der Waals surface area (Å²) in [6.07, 6.45) is 4.83. The standard InChI is InChI=1S/C9H9N5/c10-8-4-9(13-6-12-8)14-7-2-1-3-11-5-7/h1-6H,(H3,10,12,13,14). The number of nitrogens with two attached hydrogens (primary N) is 1. The molecular weight excluding hydrogens is 178 g/mol. The summed E-state index contributed by atoms with van der Waals surface area (Å²) in [5.74, 6) is 1.09. The van der Waals surface area contributed by atoms with E-state index in [4.69, 9.17) is 5.73 Å². The zero-order chi connectivity index (χ0) is 9.80. The lowest BCUT2D eigenvalue weighted by Crippen LogP contribution is -1.97. The first-order chi connectivity index (χ1) is 6.84. The summed E-state index contributed by atoms with van der Waals surface area (Å²) in [5.41, 5.74) is 6.37. The fraction of sp³-hybridized carbons (Fsp3) is 0. The Kier molecular flexibility index (Phi) is 2.22. The maximum Gasteiger partial charge on any atom is 0.135 e. The Bertz CT molecular complexity index is 415. The highest BCUT2D eigenvalue weighted by molar-refractivity contribution is 5.56. The van der Waals surface area contributed by atoms with E-state index in [2.05, 4.69) is 20.3 Å². The van der Waals surface area contributed by atoms with Gasteiger partial charge in [-0.2, -0.15) is 0 Å². The lowest BCUT2D eigenvalue weighted by molar-refractivity contribution is 1.17. The van der Waals surface area contributed by atoms with Gasteiger partial charge in [0.1, 0.15) is 18.0 Å². The molecule has 0 atom stereocenters. The van der Waals surface area contributed by atoms with E-state index in [-0.39, 0.29) is 0 Å². The first kappa shape index (κ1) is 8.43. The molecule has 2 heterocycles. The lowest BCUT2D eigenvalue weighted by atomic mass is 10.4. The third kappa shape index (κ3) is 1.95. The fourth-order valence-corrected chi connectivity index (χ4v) is 1.03. The fourth-order valence-electron chi connectivity index (χ4n) is 1.03. The molecule has 2 aromatic rings. The van der Waals surface area contributed by atoms with Crippen molar-refractivity contribution in [1.29, 1.82) is 0 Å². The highest BCUT2D eigenvalue weighted by Crippen LogP contribution is 2.12. The Hall–Kier alpha value is -2.17. The topological polar surface area (TPSA) is 76.7 Å². The van der Waals surface area contributed by atoms with Crippen molar-refractivity contribution < 1.29 is 0 Å². The molecule has 0 unspecified atom stereocenters. The van der Waals surface area contributed by atoms with E-state index in [0.717, 1.165) is 5.69 Å². The average molecular weight is 187 g/mol. The number of pyridine rings is 1. The second-order valence-electron chi connectivity index (χ2n) is 2.69. The predicted molar refractivity (Wildman–Crippen MR) is 54.0 cm³/mol. The van der Waals surface area contributed by atoms with E-state index in [1.54, 1.807) is 18.5 Å². The maximum absolute atomic E-state index is 5.51. The zero-order valence-corrected chi connectivity index (χ0v) is 7.38. The summed E-state index contributed by atoms with van der Waals surface area (Å²) >= 11 is 0. The van der Waals surface area contributed by atoms with Gasteiger partial charge in [-0.25, -0.2) is 9.97 Å². The average Bonchev–Trinajstić information content (AvgIpc) is 2.19. The molecule has 70 valence electrons. The number of hydrogen-bond acceptors (Lipinski definition) is 5. The van der Waals surface area contributed by atoms with Gasteiger partial charge >= 0.3 is 0 Å². The van der Waals surface area contributed by atoms with Crippen molar-refractivity contribution >= 4 is 17.3 Å². The van der Waals surface area contributed by atoms with Crippen molar-refractivity contribution in [1.82, 2.24) is 15.0 Å². The van der Waals surface area contributed by atoms with Crippen molar-refractivity contribution in [3.8, 4) is 0 Å². The summed E-state index contributed by atoms with van der Waals surface area (Å²) in [6.45, 7) is 0.